The lowest BCUT2D eigenvalue weighted by Gasteiger charge is -2.41. The number of nitrogens with one attached hydrogen (secondary N) is 1. The molecule has 4 rings (SSSR count). The van der Waals surface area contributed by atoms with Gasteiger partial charge in [-0.25, -0.2) is 4.39 Å². The van der Waals surface area contributed by atoms with Gasteiger partial charge in [-0.15, -0.1) is 0 Å². The van der Waals surface area contributed by atoms with Gasteiger partial charge in [-0.1, -0.05) is 19.9 Å². The molecule has 0 unspecified atom stereocenters. The minimum absolute atomic E-state index is 0.250. The van der Waals surface area contributed by atoms with E-state index in [0.717, 1.165) is 36.3 Å². The van der Waals surface area contributed by atoms with Crippen molar-refractivity contribution < 1.29 is 13.9 Å². The third-order valence-corrected chi connectivity index (χ3v) is 5.91. The average molecular weight is 440 g/mol. The number of aryl methyl sites for hydroxylation is 1. The first kappa shape index (κ1) is 22.3. The highest BCUT2D eigenvalue weighted by molar-refractivity contribution is 5.99. The van der Waals surface area contributed by atoms with Gasteiger partial charge in [-0.05, 0) is 35.2 Å². The molecule has 3 aromatic rings. The van der Waals surface area contributed by atoms with Crippen molar-refractivity contribution in [2.45, 2.75) is 32.5 Å². The largest absolute Gasteiger partial charge is 0.496 e. The van der Waals surface area contributed by atoms with Crippen LogP contribution in [-0.4, -0.2) is 48.9 Å². The SMILES string of the molecule is COc1cc(CN2CC(NC(C)C)C2)cc(OC)c1-c1cn(C)c(=O)c2cc(F)ccc12. The minimum Gasteiger partial charge on any atom is -0.496 e. The lowest BCUT2D eigenvalue weighted by atomic mass is 9.96. The van der Waals surface area contributed by atoms with Crippen LogP contribution >= 0.6 is 0 Å². The number of hydrogen-bond donors (Lipinski definition) is 1. The number of pyridine rings is 1. The summed E-state index contributed by atoms with van der Waals surface area (Å²) in [5.41, 5.74) is 2.34. The lowest BCUT2D eigenvalue weighted by molar-refractivity contribution is 0.113. The average Bonchev–Trinajstić information content (AvgIpc) is 2.74. The van der Waals surface area contributed by atoms with Crippen LogP contribution < -0.4 is 20.3 Å². The first-order valence-electron chi connectivity index (χ1n) is 10.8. The molecule has 6 nitrogen and oxygen atoms in total. The number of fused-ring (bicyclic) bond motifs is 1. The molecule has 0 bridgehead atoms. The first-order valence-corrected chi connectivity index (χ1v) is 10.8. The van der Waals surface area contributed by atoms with Gasteiger partial charge in [0.2, 0.25) is 0 Å². The normalized spacial score (nSPS) is 14.7. The maximum absolute atomic E-state index is 13.9. The van der Waals surface area contributed by atoms with E-state index < -0.39 is 5.82 Å². The summed E-state index contributed by atoms with van der Waals surface area (Å²) in [6, 6.07) is 9.31. The smallest absolute Gasteiger partial charge is 0.258 e. The Bertz CT molecular complexity index is 1170. The van der Waals surface area contributed by atoms with Gasteiger partial charge < -0.3 is 19.4 Å². The van der Waals surface area contributed by atoms with Crippen LogP contribution in [0.4, 0.5) is 4.39 Å². The van der Waals surface area contributed by atoms with Gasteiger partial charge in [0, 0.05) is 50.5 Å². The van der Waals surface area contributed by atoms with Crippen LogP contribution in [0.5, 0.6) is 11.5 Å². The Morgan fingerprint density at radius 3 is 2.34 bits per heavy atom. The molecular weight excluding hydrogens is 409 g/mol. The van der Waals surface area contributed by atoms with E-state index in [9.17, 15) is 9.18 Å². The summed E-state index contributed by atoms with van der Waals surface area (Å²) >= 11 is 0. The van der Waals surface area contributed by atoms with Gasteiger partial charge in [0.15, 0.2) is 0 Å². The second-order valence-electron chi connectivity index (χ2n) is 8.74. The maximum atomic E-state index is 13.9. The van der Waals surface area contributed by atoms with Crippen LogP contribution in [0.25, 0.3) is 21.9 Å². The Labute approximate surface area is 187 Å². The Balaban J connectivity index is 1.75. The highest BCUT2D eigenvalue weighted by atomic mass is 19.1. The summed E-state index contributed by atoms with van der Waals surface area (Å²) < 4.78 is 26.9. The molecule has 1 aliphatic rings. The molecular formula is C25H30FN3O3. The molecule has 0 atom stereocenters. The zero-order valence-corrected chi connectivity index (χ0v) is 19.2. The molecule has 32 heavy (non-hydrogen) atoms. The van der Waals surface area contributed by atoms with E-state index in [0.29, 0.717) is 34.4 Å². The molecule has 0 saturated carbocycles. The summed E-state index contributed by atoms with van der Waals surface area (Å²) in [6.45, 7) is 7.12. The van der Waals surface area contributed by atoms with E-state index in [1.165, 1.54) is 16.7 Å². The second-order valence-corrected chi connectivity index (χ2v) is 8.74. The Morgan fingerprint density at radius 1 is 1.09 bits per heavy atom. The Morgan fingerprint density at radius 2 is 1.75 bits per heavy atom. The van der Waals surface area contributed by atoms with Crippen molar-refractivity contribution in [3.05, 3.63) is 58.3 Å². The molecule has 1 aromatic heterocycles. The number of likely N-dealkylation sites (tertiary alicyclic amines) is 1. The van der Waals surface area contributed by atoms with Gasteiger partial charge >= 0.3 is 0 Å². The van der Waals surface area contributed by atoms with Crippen LogP contribution in [0.2, 0.25) is 0 Å². The number of aromatic nitrogens is 1. The predicted molar refractivity (Wildman–Crippen MR) is 125 cm³/mol. The number of halogens is 1. The van der Waals surface area contributed by atoms with Gasteiger partial charge in [-0.2, -0.15) is 0 Å². The summed E-state index contributed by atoms with van der Waals surface area (Å²) in [4.78, 5) is 15.0. The zero-order valence-electron chi connectivity index (χ0n) is 19.2. The number of nitrogens with zero attached hydrogens (tertiary/aromatic N) is 2. The van der Waals surface area contributed by atoms with Crippen LogP contribution in [0.1, 0.15) is 19.4 Å². The van der Waals surface area contributed by atoms with E-state index in [1.54, 1.807) is 33.5 Å². The van der Waals surface area contributed by atoms with E-state index in [1.807, 2.05) is 12.1 Å². The highest BCUT2D eigenvalue weighted by Gasteiger charge is 2.27. The maximum Gasteiger partial charge on any atom is 0.258 e. The summed E-state index contributed by atoms with van der Waals surface area (Å²) in [7, 11) is 4.91. The minimum atomic E-state index is -0.444. The summed E-state index contributed by atoms with van der Waals surface area (Å²) in [5, 5.41) is 4.53. The fourth-order valence-corrected chi connectivity index (χ4v) is 4.50. The van der Waals surface area contributed by atoms with Crippen molar-refractivity contribution in [2.75, 3.05) is 27.3 Å². The molecule has 1 N–H and O–H groups in total. The third-order valence-electron chi connectivity index (χ3n) is 5.91. The van der Waals surface area contributed by atoms with Crippen molar-refractivity contribution in [2.24, 2.45) is 7.05 Å². The molecule has 0 radical (unpaired) electrons. The highest BCUT2D eigenvalue weighted by Crippen LogP contribution is 2.42. The van der Waals surface area contributed by atoms with Crippen molar-refractivity contribution >= 4 is 10.8 Å². The van der Waals surface area contributed by atoms with E-state index in [-0.39, 0.29) is 5.56 Å². The summed E-state index contributed by atoms with van der Waals surface area (Å²) in [5.74, 6) is 0.864. The molecule has 1 saturated heterocycles. The molecule has 1 aliphatic heterocycles. The van der Waals surface area contributed by atoms with Crippen LogP contribution in [0.3, 0.4) is 0 Å². The topological polar surface area (TPSA) is 55.7 Å². The van der Waals surface area contributed by atoms with Gasteiger partial charge in [-0.3, -0.25) is 9.69 Å². The zero-order chi connectivity index (χ0) is 23.0. The van der Waals surface area contributed by atoms with Crippen molar-refractivity contribution in [1.29, 1.82) is 0 Å². The quantitative estimate of drug-likeness (QED) is 0.610. The first-order chi connectivity index (χ1) is 15.3. The fraction of sp³-hybridized carbons (Fsp3) is 0.400. The molecule has 170 valence electrons. The molecule has 0 spiro atoms. The standard InChI is InChI=1S/C25H30FN3O3/c1-15(2)27-18-12-29(13-18)11-16-8-22(31-4)24(23(9-16)32-5)21-14-28(3)25(30)20-10-17(26)6-7-19(20)21/h6-10,14-15,18,27H,11-13H2,1-5H3. The Hall–Kier alpha value is -2.90. The summed E-state index contributed by atoms with van der Waals surface area (Å²) in [6.07, 6.45) is 1.75. The van der Waals surface area contributed by atoms with Crippen molar-refractivity contribution in [3.63, 3.8) is 0 Å². The number of hydrogen-bond acceptors (Lipinski definition) is 5. The van der Waals surface area contributed by atoms with Crippen molar-refractivity contribution in [3.8, 4) is 22.6 Å². The third kappa shape index (κ3) is 4.23. The van der Waals surface area contributed by atoms with Gasteiger partial charge in [0.05, 0.1) is 25.2 Å². The van der Waals surface area contributed by atoms with Gasteiger partial charge in [0.25, 0.3) is 5.56 Å². The molecule has 7 heteroatoms. The number of rotatable bonds is 7. The fourth-order valence-electron chi connectivity index (χ4n) is 4.50. The van der Waals surface area contributed by atoms with Crippen LogP contribution in [0, 0.1) is 5.82 Å². The monoisotopic (exact) mass is 439 g/mol. The van der Waals surface area contributed by atoms with E-state index >= 15 is 0 Å². The number of benzene rings is 2. The van der Waals surface area contributed by atoms with E-state index in [4.69, 9.17) is 9.47 Å². The second kappa shape index (κ2) is 8.92. The van der Waals surface area contributed by atoms with Crippen LogP contribution in [-0.2, 0) is 13.6 Å². The number of ether oxygens (including phenoxy) is 2. The van der Waals surface area contributed by atoms with Crippen LogP contribution in [0.15, 0.2) is 41.3 Å². The predicted octanol–water partition coefficient (Wildman–Crippen LogP) is 3.54. The lowest BCUT2D eigenvalue weighted by Crippen LogP contribution is -2.58. The Kier molecular flexibility index (Phi) is 6.22. The number of methoxy groups -OCH3 is 2. The molecule has 0 amide bonds. The molecule has 2 aromatic carbocycles. The molecule has 1 fully saturated rings. The van der Waals surface area contributed by atoms with Gasteiger partial charge in [0.1, 0.15) is 17.3 Å². The molecule has 2 heterocycles. The molecule has 0 aliphatic carbocycles. The van der Waals surface area contributed by atoms with Crippen molar-refractivity contribution in [1.82, 2.24) is 14.8 Å². The van der Waals surface area contributed by atoms with E-state index in [2.05, 4.69) is 24.1 Å².